The van der Waals surface area contributed by atoms with E-state index >= 15 is 0 Å². The molecule has 0 aliphatic rings. The Balaban J connectivity index is 1.60. The lowest BCUT2D eigenvalue weighted by Crippen LogP contribution is -1.88. The van der Waals surface area contributed by atoms with Gasteiger partial charge < -0.3 is 0 Å². The van der Waals surface area contributed by atoms with Gasteiger partial charge in [-0.05, 0) is 82.6 Å². The van der Waals surface area contributed by atoms with Crippen molar-refractivity contribution in [3.63, 3.8) is 0 Å². The zero-order chi connectivity index (χ0) is 21.7. The second-order valence-electron chi connectivity index (χ2n) is 7.85. The minimum Gasteiger partial charge on any atom is -0.0616 e. The normalized spacial score (nSPS) is 11.8. The number of hydrogen-bond donors (Lipinski definition) is 0. The van der Waals surface area contributed by atoms with Crippen LogP contribution in [0.4, 0.5) is 0 Å². The minimum absolute atomic E-state index is 0.543. The molecule has 31 heavy (non-hydrogen) atoms. The summed E-state index contributed by atoms with van der Waals surface area (Å²) in [7, 11) is 0. The third-order valence-electron chi connectivity index (χ3n) is 6.04. The summed E-state index contributed by atoms with van der Waals surface area (Å²) >= 11 is 3.86. The molecule has 0 saturated carbocycles. The van der Waals surface area contributed by atoms with Crippen LogP contribution in [0.25, 0.3) is 54.6 Å². The molecule has 0 spiro atoms. The van der Waals surface area contributed by atoms with E-state index in [0.717, 1.165) is 15.2 Å². The summed E-state index contributed by atoms with van der Waals surface area (Å²) in [5.41, 5.74) is 4.85. The Bertz CT molecular complexity index is 1590. The van der Waals surface area contributed by atoms with Crippen LogP contribution in [0.1, 0.15) is 1.37 Å². The molecule has 0 fully saturated rings. The first-order chi connectivity index (χ1) is 15.7. The van der Waals surface area contributed by atoms with Crippen molar-refractivity contribution in [3.8, 4) is 22.3 Å². The number of halogens is 1. The molecular weight excluding hydrogens is 440 g/mol. The van der Waals surface area contributed by atoms with Crippen LogP contribution in [0.3, 0.4) is 0 Å². The van der Waals surface area contributed by atoms with Gasteiger partial charge in [0.25, 0.3) is 0 Å². The second kappa shape index (κ2) is 7.37. The van der Waals surface area contributed by atoms with Gasteiger partial charge in [0.15, 0.2) is 0 Å². The molecule has 0 aliphatic carbocycles. The molecule has 0 amide bonds. The lowest BCUT2D eigenvalue weighted by Gasteiger charge is -2.15. The topological polar surface area (TPSA) is 0 Å². The number of hydrogen-bond acceptors (Lipinski definition) is 0. The Kier molecular flexibility index (Phi) is 4.11. The lowest BCUT2D eigenvalue weighted by atomic mass is 9.90. The van der Waals surface area contributed by atoms with E-state index in [1.54, 1.807) is 0 Å². The molecule has 6 aromatic carbocycles. The SMILES string of the molecule is [2H]c1ccc2cc(-c3cccc(-c4c5ccccc5c(Br)c5ccccc45)c3)ccc2c1. The molecule has 6 rings (SSSR count). The van der Waals surface area contributed by atoms with Crippen molar-refractivity contribution in [3.05, 3.63) is 120 Å². The van der Waals surface area contributed by atoms with Gasteiger partial charge in [0.2, 0.25) is 0 Å². The van der Waals surface area contributed by atoms with E-state index < -0.39 is 0 Å². The lowest BCUT2D eigenvalue weighted by molar-refractivity contribution is 1.63. The molecule has 6 aromatic rings. The van der Waals surface area contributed by atoms with Gasteiger partial charge in [-0.1, -0.05) is 103 Å². The van der Waals surface area contributed by atoms with Gasteiger partial charge in [-0.15, -0.1) is 0 Å². The van der Waals surface area contributed by atoms with Crippen LogP contribution in [-0.4, -0.2) is 0 Å². The summed E-state index contributed by atoms with van der Waals surface area (Å²) in [4.78, 5) is 0. The molecule has 0 radical (unpaired) electrons. The molecule has 0 aromatic heterocycles. The van der Waals surface area contributed by atoms with Crippen LogP contribution < -0.4 is 0 Å². The first-order valence-electron chi connectivity index (χ1n) is 10.9. The van der Waals surface area contributed by atoms with E-state index in [0.29, 0.717) is 6.04 Å². The third kappa shape index (κ3) is 3.05. The highest BCUT2D eigenvalue weighted by Crippen LogP contribution is 2.42. The molecule has 0 N–H and O–H groups in total. The van der Waals surface area contributed by atoms with Gasteiger partial charge >= 0.3 is 0 Å². The zero-order valence-electron chi connectivity index (χ0n) is 17.8. The van der Waals surface area contributed by atoms with E-state index in [9.17, 15) is 0 Å². The van der Waals surface area contributed by atoms with Gasteiger partial charge in [-0.2, -0.15) is 0 Å². The Morgan fingerprint density at radius 2 is 1.13 bits per heavy atom. The molecule has 0 atom stereocenters. The highest BCUT2D eigenvalue weighted by Gasteiger charge is 2.14. The first-order valence-corrected chi connectivity index (χ1v) is 11.2. The van der Waals surface area contributed by atoms with Gasteiger partial charge in [-0.25, -0.2) is 0 Å². The Morgan fingerprint density at radius 1 is 0.484 bits per heavy atom. The van der Waals surface area contributed by atoms with E-state index in [1.807, 2.05) is 18.2 Å². The van der Waals surface area contributed by atoms with E-state index in [1.165, 1.54) is 43.8 Å². The van der Waals surface area contributed by atoms with Crippen LogP contribution in [0.5, 0.6) is 0 Å². The minimum atomic E-state index is 0.543. The Labute approximate surface area is 191 Å². The molecule has 0 saturated heterocycles. The summed E-state index contributed by atoms with van der Waals surface area (Å²) in [5.74, 6) is 0. The fraction of sp³-hybridized carbons (Fsp3) is 0. The fourth-order valence-corrected chi connectivity index (χ4v) is 5.24. The summed E-state index contributed by atoms with van der Waals surface area (Å²) in [6, 6.07) is 38.8. The largest absolute Gasteiger partial charge is 0.0623 e. The summed E-state index contributed by atoms with van der Waals surface area (Å²) in [6.45, 7) is 0. The number of rotatable bonds is 2. The van der Waals surface area contributed by atoms with Crippen LogP contribution in [0.15, 0.2) is 120 Å². The van der Waals surface area contributed by atoms with Crippen molar-refractivity contribution in [1.29, 1.82) is 0 Å². The van der Waals surface area contributed by atoms with Crippen LogP contribution in [0.2, 0.25) is 0 Å². The molecule has 0 unspecified atom stereocenters. The van der Waals surface area contributed by atoms with Gasteiger partial charge in [-0.3, -0.25) is 0 Å². The summed E-state index contributed by atoms with van der Waals surface area (Å²) in [5, 5.41) is 7.20. The maximum absolute atomic E-state index is 7.86. The Morgan fingerprint density at radius 3 is 1.87 bits per heavy atom. The maximum Gasteiger partial charge on any atom is 0.0623 e. The quantitative estimate of drug-likeness (QED) is 0.226. The highest BCUT2D eigenvalue weighted by atomic mass is 79.9. The summed E-state index contributed by atoms with van der Waals surface area (Å²) in [6.07, 6.45) is 0. The Hall–Kier alpha value is -3.42. The zero-order valence-corrected chi connectivity index (χ0v) is 18.4. The van der Waals surface area contributed by atoms with Gasteiger partial charge in [0.1, 0.15) is 0 Å². The van der Waals surface area contributed by atoms with Crippen molar-refractivity contribution < 1.29 is 1.37 Å². The van der Waals surface area contributed by atoms with E-state index in [4.69, 9.17) is 1.37 Å². The number of fused-ring (bicyclic) bond motifs is 3. The standard InChI is InChI=1S/C30H19Br/c31-30-27-14-5-3-12-25(27)29(26-13-4-6-15-28(26)30)24-11-7-10-22(19-24)23-17-16-20-8-1-2-9-21(20)18-23/h1-19H/i1D. The molecule has 0 nitrogen and oxygen atoms in total. The molecule has 146 valence electrons. The molecular formula is C30H19Br. The van der Waals surface area contributed by atoms with Crippen LogP contribution in [0, 0.1) is 0 Å². The van der Waals surface area contributed by atoms with Crippen molar-refractivity contribution in [1.82, 2.24) is 0 Å². The van der Waals surface area contributed by atoms with Crippen LogP contribution in [-0.2, 0) is 0 Å². The predicted molar refractivity (Wildman–Crippen MR) is 138 cm³/mol. The molecule has 0 aliphatic heterocycles. The fourth-order valence-electron chi connectivity index (χ4n) is 4.55. The van der Waals surface area contributed by atoms with Crippen molar-refractivity contribution in [2.45, 2.75) is 0 Å². The summed E-state index contributed by atoms with van der Waals surface area (Å²) < 4.78 is 9.01. The smallest absolute Gasteiger partial charge is 0.0616 e. The second-order valence-corrected chi connectivity index (χ2v) is 8.64. The van der Waals surface area contributed by atoms with E-state index in [2.05, 4.69) is 107 Å². The maximum atomic E-state index is 7.86. The van der Waals surface area contributed by atoms with Gasteiger partial charge in [0, 0.05) is 4.47 Å². The van der Waals surface area contributed by atoms with Crippen LogP contribution >= 0.6 is 15.9 Å². The predicted octanol–water partition coefficient (Wildman–Crippen LogP) is 9.24. The first kappa shape index (κ1) is 17.3. The van der Waals surface area contributed by atoms with E-state index in [-0.39, 0.29) is 0 Å². The van der Waals surface area contributed by atoms with Gasteiger partial charge in [0.05, 0.1) is 1.37 Å². The van der Waals surface area contributed by atoms with Crippen molar-refractivity contribution >= 4 is 48.2 Å². The highest BCUT2D eigenvalue weighted by molar-refractivity contribution is 9.10. The monoisotopic (exact) mass is 459 g/mol. The average molecular weight is 460 g/mol. The van der Waals surface area contributed by atoms with Crippen molar-refractivity contribution in [2.24, 2.45) is 0 Å². The van der Waals surface area contributed by atoms with Crippen molar-refractivity contribution in [2.75, 3.05) is 0 Å². The third-order valence-corrected chi connectivity index (χ3v) is 6.89. The average Bonchev–Trinajstić information content (AvgIpc) is 2.84. The molecule has 0 heterocycles. The molecule has 0 bridgehead atoms. The number of benzene rings is 6. The molecule has 1 heteroatoms.